The van der Waals surface area contributed by atoms with Gasteiger partial charge in [0.1, 0.15) is 0 Å². The molecule has 0 amide bonds. The van der Waals surface area contributed by atoms with E-state index in [1.807, 2.05) is 0 Å². The van der Waals surface area contributed by atoms with Crippen LogP contribution in [0.3, 0.4) is 0 Å². The first-order valence-electron chi connectivity index (χ1n) is 6.53. The Balaban J connectivity index is 2.35. The van der Waals surface area contributed by atoms with Crippen LogP contribution in [-0.4, -0.2) is 0 Å². The molecule has 0 N–H and O–H groups in total. The lowest BCUT2D eigenvalue weighted by Crippen LogP contribution is -1.89. The molecule has 3 aromatic rings. The number of hydrogen-bond acceptors (Lipinski definition) is 0. The number of fused-ring (bicyclic) bond motifs is 3. The van der Waals surface area contributed by atoms with Crippen LogP contribution in [0.1, 0.15) is 24.7 Å². The van der Waals surface area contributed by atoms with Crippen LogP contribution in [0.25, 0.3) is 21.7 Å². The van der Waals surface area contributed by atoms with Crippen molar-refractivity contribution in [2.24, 2.45) is 0 Å². The molecule has 1 aromatic heterocycles. The Labute approximate surface area is 107 Å². The van der Waals surface area contributed by atoms with Gasteiger partial charge in [0.2, 0.25) is 0 Å². The third-order valence-electron chi connectivity index (χ3n) is 3.44. The quantitative estimate of drug-likeness (QED) is 0.444. The van der Waals surface area contributed by atoms with Crippen LogP contribution >= 0.6 is 0 Å². The first-order valence-corrected chi connectivity index (χ1v) is 6.53. The Morgan fingerprint density at radius 2 is 1.83 bits per heavy atom. The normalized spacial score (nSPS) is 11.2. The molecule has 2 aromatic carbocycles. The summed E-state index contributed by atoms with van der Waals surface area (Å²) in [5.41, 5.74) is 2.24. The van der Waals surface area contributed by atoms with E-state index >= 15 is 0 Å². The summed E-state index contributed by atoms with van der Waals surface area (Å²) < 4.78 is 6.04. The molecule has 0 bridgehead atoms. The monoisotopic (exact) mass is 237 g/mol. The molecule has 0 saturated carbocycles. The van der Waals surface area contributed by atoms with Crippen molar-refractivity contribution in [1.82, 2.24) is 0 Å². The average molecular weight is 237 g/mol. The number of hydrogen-bond donors (Lipinski definition) is 0. The highest BCUT2D eigenvalue weighted by Gasteiger charge is 2.16. The summed E-state index contributed by atoms with van der Waals surface area (Å²) in [5.74, 6) is 1.11. The summed E-state index contributed by atoms with van der Waals surface area (Å²) in [4.78, 5) is 0. The van der Waals surface area contributed by atoms with Gasteiger partial charge in [0.25, 0.3) is 0 Å². The van der Waals surface area contributed by atoms with Crippen molar-refractivity contribution in [3.05, 3.63) is 53.8 Å². The van der Waals surface area contributed by atoms with Gasteiger partial charge in [-0.25, -0.2) is 4.42 Å². The molecule has 1 heterocycles. The predicted octanol–water partition coefficient (Wildman–Crippen LogP) is 5.13. The minimum absolute atomic E-state index is 0.989. The molecule has 0 atom stereocenters. The van der Waals surface area contributed by atoms with E-state index in [4.69, 9.17) is 4.42 Å². The molecule has 0 aliphatic rings. The van der Waals surface area contributed by atoms with Gasteiger partial charge in [-0.05, 0) is 36.2 Å². The van der Waals surface area contributed by atoms with Crippen LogP contribution in [0, 0.1) is 6.92 Å². The lowest BCUT2D eigenvalue weighted by Gasteiger charge is -2.00. The van der Waals surface area contributed by atoms with Crippen molar-refractivity contribution < 1.29 is 4.42 Å². The summed E-state index contributed by atoms with van der Waals surface area (Å²) >= 11 is 0. The second kappa shape index (κ2) is 4.41. The van der Waals surface area contributed by atoms with Crippen molar-refractivity contribution in [2.45, 2.75) is 26.7 Å². The largest absolute Gasteiger partial charge is 0.360 e. The highest BCUT2D eigenvalue weighted by Crippen LogP contribution is 2.28. The predicted molar refractivity (Wildman–Crippen MR) is 76.9 cm³/mol. The van der Waals surface area contributed by atoms with Crippen LogP contribution in [-0.2, 0) is 6.42 Å². The molecular weight excluding hydrogens is 220 g/mol. The molecule has 0 spiro atoms. The molecule has 18 heavy (non-hydrogen) atoms. The Kier molecular flexibility index (Phi) is 2.75. The molecule has 0 aliphatic heterocycles. The first-order chi connectivity index (χ1) is 8.79. The van der Waals surface area contributed by atoms with Crippen molar-refractivity contribution >= 4 is 21.7 Å². The van der Waals surface area contributed by atoms with Gasteiger partial charge >= 0.3 is 11.3 Å². The number of aryl methyl sites for hydroxylation is 2. The fourth-order valence-electron chi connectivity index (χ4n) is 2.50. The standard InChI is InChI=1S/C17H17O/c1-3-6-16-12(2)11-15-14-8-5-4-7-13(14)9-10-17(15)18-16/h4-5,7-11H,3,6H2,1-2H3/q+1. The molecule has 1 heteroatoms. The van der Waals surface area contributed by atoms with Gasteiger partial charge in [-0.2, -0.15) is 0 Å². The van der Waals surface area contributed by atoms with Crippen LogP contribution < -0.4 is 0 Å². The first kappa shape index (κ1) is 11.2. The summed E-state index contributed by atoms with van der Waals surface area (Å²) in [7, 11) is 0. The topological polar surface area (TPSA) is 11.3 Å². The van der Waals surface area contributed by atoms with E-state index in [0.29, 0.717) is 0 Å². The Morgan fingerprint density at radius 3 is 2.67 bits per heavy atom. The fourth-order valence-corrected chi connectivity index (χ4v) is 2.50. The van der Waals surface area contributed by atoms with E-state index in [9.17, 15) is 0 Å². The summed E-state index contributed by atoms with van der Waals surface area (Å²) in [5, 5.41) is 3.75. The van der Waals surface area contributed by atoms with Crippen molar-refractivity contribution in [1.29, 1.82) is 0 Å². The Morgan fingerprint density at radius 1 is 1.00 bits per heavy atom. The van der Waals surface area contributed by atoms with Gasteiger partial charge < -0.3 is 0 Å². The van der Waals surface area contributed by atoms with E-state index in [1.54, 1.807) is 0 Å². The second-order valence-electron chi connectivity index (χ2n) is 4.80. The zero-order valence-corrected chi connectivity index (χ0v) is 10.9. The minimum Gasteiger partial charge on any atom is -0.212 e. The van der Waals surface area contributed by atoms with Crippen LogP contribution in [0.2, 0.25) is 0 Å². The maximum atomic E-state index is 6.04. The minimum atomic E-state index is 0.989. The molecule has 0 fully saturated rings. The van der Waals surface area contributed by atoms with E-state index in [1.165, 1.54) is 21.7 Å². The van der Waals surface area contributed by atoms with Crippen LogP contribution in [0.4, 0.5) is 0 Å². The van der Waals surface area contributed by atoms with Gasteiger partial charge in [-0.1, -0.05) is 31.2 Å². The lowest BCUT2D eigenvalue weighted by atomic mass is 10.0. The third-order valence-corrected chi connectivity index (χ3v) is 3.44. The third kappa shape index (κ3) is 1.76. The van der Waals surface area contributed by atoms with Crippen molar-refractivity contribution in [2.75, 3.05) is 0 Å². The molecule has 1 nitrogen and oxygen atoms in total. The highest BCUT2D eigenvalue weighted by atomic mass is 16.3. The zero-order chi connectivity index (χ0) is 12.5. The molecule has 0 saturated heterocycles. The van der Waals surface area contributed by atoms with Crippen LogP contribution in [0.5, 0.6) is 0 Å². The van der Waals surface area contributed by atoms with Gasteiger partial charge in [-0.15, -0.1) is 0 Å². The molecule has 0 aliphatic carbocycles. The summed E-state index contributed by atoms with van der Waals surface area (Å²) in [6.45, 7) is 4.31. The van der Waals surface area contributed by atoms with Gasteiger partial charge in [0, 0.05) is 11.6 Å². The average Bonchev–Trinajstić information content (AvgIpc) is 2.40. The molecular formula is C17H17O+. The fraction of sp³-hybridized carbons (Fsp3) is 0.235. The van der Waals surface area contributed by atoms with E-state index in [0.717, 1.165) is 24.2 Å². The lowest BCUT2D eigenvalue weighted by molar-refractivity contribution is 0.527. The van der Waals surface area contributed by atoms with E-state index in [2.05, 4.69) is 56.3 Å². The maximum Gasteiger partial charge on any atom is 0.360 e. The second-order valence-corrected chi connectivity index (χ2v) is 4.80. The van der Waals surface area contributed by atoms with Crippen LogP contribution in [0.15, 0.2) is 46.9 Å². The Hall–Kier alpha value is -1.89. The Bertz CT molecular complexity index is 713. The summed E-state index contributed by atoms with van der Waals surface area (Å²) in [6, 6.07) is 14.9. The number of benzene rings is 2. The molecule has 0 radical (unpaired) electrons. The van der Waals surface area contributed by atoms with Crippen molar-refractivity contribution in [3.8, 4) is 0 Å². The number of rotatable bonds is 2. The maximum absolute atomic E-state index is 6.04. The molecule has 3 rings (SSSR count). The van der Waals surface area contributed by atoms with E-state index in [-0.39, 0.29) is 0 Å². The van der Waals surface area contributed by atoms with Crippen molar-refractivity contribution in [3.63, 3.8) is 0 Å². The molecule has 0 unspecified atom stereocenters. The zero-order valence-electron chi connectivity index (χ0n) is 10.9. The van der Waals surface area contributed by atoms with Gasteiger partial charge in [0.15, 0.2) is 0 Å². The van der Waals surface area contributed by atoms with Gasteiger partial charge in [0.05, 0.1) is 11.8 Å². The SMILES string of the molecule is CCCc1[o+]c2ccc3ccccc3c2cc1C. The molecule has 90 valence electrons. The smallest absolute Gasteiger partial charge is 0.212 e. The summed E-state index contributed by atoms with van der Waals surface area (Å²) in [6.07, 6.45) is 2.12. The highest BCUT2D eigenvalue weighted by molar-refractivity contribution is 6.05. The van der Waals surface area contributed by atoms with E-state index < -0.39 is 0 Å². The van der Waals surface area contributed by atoms with Gasteiger partial charge in [-0.3, -0.25) is 0 Å².